The summed E-state index contributed by atoms with van der Waals surface area (Å²) in [7, 11) is 0. The minimum atomic E-state index is -0.366. The van der Waals surface area contributed by atoms with Crippen molar-refractivity contribution in [3.8, 4) is 0 Å². The number of hydrogen-bond donors (Lipinski definition) is 2. The van der Waals surface area contributed by atoms with Crippen molar-refractivity contribution in [2.24, 2.45) is 10.9 Å². The van der Waals surface area contributed by atoms with Crippen molar-refractivity contribution in [3.05, 3.63) is 65.0 Å². The van der Waals surface area contributed by atoms with Crippen molar-refractivity contribution in [1.82, 2.24) is 0 Å². The highest BCUT2D eigenvalue weighted by atomic mass is 19.1. The zero-order valence-electron chi connectivity index (χ0n) is 13.0. The average molecular weight is 315 g/mol. The first kappa shape index (κ1) is 16.5. The van der Waals surface area contributed by atoms with E-state index in [2.05, 4.69) is 10.5 Å². The predicted molar refractivity (Wildman–Crippen MR) is 87.6 cm³/mol. The highest BCUT2D eigenvalue weighted by Gasteiger charge is 2.05. The number of nitrogens with zero attached hydrogens (tertiary/aromatic N) is 1. The van der Waals surface area contributed by atoms with Crippen molar-refractivity contribution in [2.75, 3.05) is 11.9 Å². The van der Waals surface area contributed by atoms with Gasteiger partial charge < -0.3 is 15.9 Å². The third kappa shape index (κ3) is 4.81. The Kier molecular flexibility index (Phi) is 5.30. The van der Waals surface area contributed by atoms with E-state index < -0.39 is 0 Å². The van der Waals surface area contributed by atoms with E-state index in [0.717, 1.165) is 11.1 Å². The second-order valence-corrected chi connectivity index (χ2v) is 5.10. The van der Waals surface area contributed by atoms with E-state index in [1.54, 1.807) is 0 Å². The van der Waals surface area contributed by atoms with Gasteiger partial charge in [0.15, 0.2) is 12.4 Å². The van der Waals surface area contributed by atoms with E-state index in [1.807, 2.05) is 32.0 Å². The van der Waals surface area contributed by atoms with Crippen LogP contribution in [0.4, 0.5) is 10.1 Å². The van der Waals surface area contributed by atoms with E-state index in [1.165, 1.54) is 24.3 Å². The molecule has 6 heteroatoms. The fourth-order valence-electron chi connectivity index (χ4n) is 1.85. The first-order chi connectivity index (χ1) is 11.0. The van der Waals surface area contributed by atoms with E-state index in [4.69, 9.17) is 10.6 Å². The molecular formula is C17H18FN3O2. The summed E-state index contributed by atoms with van der Waals surface area (Å²) >= 11 is 0. The van der Waals surface area contributed by atoms with Gasteiger partial charge in [-0.15, -0.1) is 0 Å². The predicted octanol–water partition coefficient (Wildman–Crippen LogP) is 2.72. The zero-order chi connectivity index (χ0) is 16.8. The molecule has 0 fully saturated rings. The molecule has 0 aliphatic rings. The number of nitrogens with two attached hydrogens (primary N) is 1. The van der Waals surface area contributed by atoms with Crippen LogP contribution in [0.25, 0.3) is 0 Å². The number of amidine groups is 1. The minimum Gasteiger partial charge on any atom is -0.384 e. The van der Waals surface area contributed by atoms with Gasteiger partial charge in [-0.2, -0.15) is 0 Å². The van der Waals surface area contributed by atoms with Gasteiger partial charge in [0.05, 0.1) is 0 Å². The molecular weight excluding hydrogens is 297 g/mol. The summed E-state index contributed by atoms with van der Waals surface area (Å²) in [4.78, 5) is 16.7. The van der Waals surface area contributed by atoms with Crippen molar-refractivity contribution >= 4 is 17.4 Å². The van der Waals surface area contributed by atoms with Gasteiger partial charge >= 0.3 is 0 Å². The molecule has 2 aromatic rings. The fraction of sp³-hybridized carbons (Fsp3) is 0.176. The van der Waals surface area contributed by atoms with E-state index in [0.29, 0.717) is 11.3 Å². The summed E-state index contributed by atoms with van der Waals surface area (Å²) in [5, 5.41) is 6.36. The maximum atomic E-state index is 12.8. The number of aryl methyl sites for hydroxylation is 2. The quantitative estimate of drug-likeness (QED) is 0.506. The second-order valence-electron chi connectivity index (χ2n) is 5.10. The average Bonchev–Trinajstić information content (AvgIpc) is 2.51. The van der Waals surface area contributed by atoms with Gasteiger partial charge in [-0.1, -0.05) is 11.2 Å². The molecule has 0 saturated heterocycles. The summed E-state index contributed by atoms with van der Waals surface area (Å²) in [6.07, 6.45) is 0. The van der Waals surface area contributed by atoms with Crippen LogP contribution in [-0.4, -0.2) is 18.3 Å². The lowest BCUT2D eigenvalue weighted by Gasteiger charge is -2.07. The normalized spacial score (nSPS) is 11.2. The zero-order valence-corrected chi connectivity index (χ0v) is 13.0. The monoisotopic (exact) mass is 315 g/mol. The topological polar surface area (TPSA) is 76.7 Å². The largest absolute Gasteiger partial charge is 0.384 e. The van der Waals surface area contributed by atoms with Crippen LogP contribution in [0.2, 0.25) is 0 Å². The van der Waals surface area contributed by atoms with E-state index in [-0.39, 0.29) is 24.2 Å². The Bertz CT molecular complexity index is 727. The molecule has 3 N–H and O–H groups in total. The summed E-state index contributed by atoms with van der Waals surface area (Å²) < 4.78 is 12.8. The SMILES string of the molecule is Cc1ccc(NC(=O)CO/N=C(\N)c2ccc(F)cc2)cc1C. The Hall–Kier alpha value is -2.89. The summed E-state index contributed by atoms with van der Waals surface area (Å²) in [6, 6.07) is 11.1. The van der Waals surface area contributed by atoms with Crippen molar-refractivity contribution < 1.29 is 14.0 Å². The molecule has 0 spiro atoms. The molecule has 2 rings (SSSR count). The Labute approximate surface area is 133 Å². The Balaban J connectivity index is 1.87. The number of nitrogens with one attached hydrogen (secondary N) is 1. The number of oxime groups is 1. The molecule has 0 radical (unpaired) electrons. The summed E-state index contributed by atoms with van der Waals surface area (Å²) in [5.74, 6) is -0.636. The molecule has 120 valence electrons. The van der Waals surface area contributed by atoms with Gasteiger partial charge in [-0.05, 0) is 61.4 Å². The lowest BCUT2D eigenvalue weighted by molar-refractivity contribution is -0.120. The molecule has 0 bridgehead atoms. The van der Waals surface area contributed by atoms with Crippen LogP contribution < -0.4 is 11.1 Å². The molecule has 0 saturated carbocycles. The molecule has 0 aromatic heterocycles. The molecule has 0 heterocycles. The Morgan fingerprint density at radius 3 is 2.52 bits per heavy atom. The third-order valence-corrected chi connectivity index (χ3v) is 3.29. The number of carbonyl (C=O) groups is 1. The lowest BCUT2D eigenvalue weighted by Crippen LogP contribution is -2.19. The van der Waals surface area contributed by atoms with Crippen LogP contribution in [0.3, 0.4) is 0 Å². The number of anilines is 1. The first-order valence-corrected chi connectivity index (χ1v) is 7.04. The van der Waals surface area contributed by atoms with Gasteiger partial charge in [-0.3, -0.25) is 4.79 Å². The fourth-order valence-corrected chi connectivity index (χ4v) is 1.85. The maximum absolute atomic E-state index is 12.8. The van der Waals surface area contributed by atoms with Gasteiger partial charge in [-0.25, -0.2) is 4.39 Å². The molecule has 0 unspecified atom stereocenters. The van der Waals surface area contributed by atoms with Crippen LogP contribution in [0.1, 0.15) is 16.7 Å². The molecule has 0 aliphatic carbocycles. The highest BCUT2D eigenvalue weighted by molar-refractivity contribution is 5.97. The molecule has 5 nitrogen and oxygen atoms in total. The Morgan fingerprint density at radius 2 is 1.87 bits per heavy atom. The molecule has 1 amide bonds. The second kappa shape index (κ2) is 7.40. The molecule has 0 aliphatic heterocycles. The maximum Gasteiger partial charge on any atom is 0.265 e. The molecule has 0 atom stereocenters. The van der Waals surface area contributed by atoms with E-state index >= 15 is 0 Å². The first-order valence-electron chi connectivity index (χ1n) is 7.04. The van der Waals surface area contributed by atoms with Crippen LogP contribution in [0, 0.1) is 19.7 Å². The van der Waals surface area contributed by atoms with E-state index in [9.17, 15) is 9.18 Å². The molecule has 2 aromatic carbocycles. The van der Waals surface area contributed by atoms with Crippen molar-refractivity contribution in [1.29, 1.82) is 0 Å². The summed E-state index contributed by atoms with van der Waals surface area (Å²) in [5.41, 5.74) is 9.13. The van der Waals surface area contributed by atoms with Crippen molar-refractivity contribution in [2.45, 2.75) is 13.8 Å². The van der Waals surface area contributed by atoms with Crippen LogP contribution in [0.5, 0.6) is 0 Å². The van der Waals surface area contributed by atoms with Gasteiger partial charge in [0.2, 0.25) is 0 Å². The third-order valence-electron chi connectivity index (χ3n) is 3.29. The number of carbonyl (C=O) groups excluding carboxylic acids is 1. The Morgan fingerprint density at radius 1 is 1.17 bits per heavy atom. The standard InChI is InChI=1S/C17H18FN3O2/c1-11-3-8-15(9-12(11)2)20-16(22)10-23-21-17(19)13-4-6-14(18)7-5-13/h3-9H,10H2,1-2H3,(H2,19,21)(H,20,22). The van der Waals surface area contributed by atoms with Gasteiger partial charge in [0.25, 0.3) is 5.91 Å². The smallest absolute Gasteiger partial charge is 0.265 e. The number of rotatable bonds is 5. The minimum absolute atomic E-state index is 0.0731. The van der Waals surface area contributed by atoms with Gasteiger partial charge in [0, 0.05) is 11.3 Å². The highest BCUT2D eigenvalue weighted by Crippen LogP contribution is 2.13. The summed E-state index contributed by atoms with van der Waals surface area (Å²) in [6.45, 7) is 3.70. The number of halogens is 1. The van der Waals surface area contributed by atoms with Crippen LogP contribution in [0.15, 0.2) is 47.6 Å². The van der Waals surface area contributed by atoms with Crippen LogP contribution in [-0.2, 0) is 9.63 Å². The number of benzene rings is 2. The number of amides is 1. The lowest BCUT2D eigenvalue weighted by atomic mass is 10.1. The van der Waals surface area contributed by atoms with Gasteiger partial charge in [0.1, 0.15) is 5.82 Å². The number of hydrogen-bond acceptors (Lipinski definition) is 3. The van der Waals surface area contributed by atoms with Crippen LogP contribution >= 0.6 is 0 Å². The molecule has 23 heavy (non-hydrogen) atoms. The van der Waals surface area contributed by atoms with Crippen molar-refractivity contribution in [3.63, 3.8) is 0 Å².